The van der Waals surface area contributed by atoms with Gasteiger partial charge in [0.25, 0.3) is 0 Å². The summed E-state index contributed by atoms with van der Waals surface area (Å²) in [4.78, 5) is 1.44. The van der Waals surface area contributed by atoms with Gasteiger partial charge < -0.3 is 0 Å². The van der Waals surface area contributed by atoms with Gasteiger partial charge in [0.1, 0.15) is 0 Å². The largest absolute Gasteiger partial charge is 0.140 e. The Labute approximate surface area is 99.2 Å². The van der Waals surface area contributed by atoms with Crippen molar-refractivity contribution in [2.24, 2.45) is 0 Å². The highest BCUT2D eigenvalue weighted by molar-refractivity contribution is 7.19. The number of fused-ring (bicyclic) bond motifs is 1. The van der Waals surface area contributed by atoms with E-state index < -0.39 is 0 Å². The van der Waals surface area contributed by atoms with Gasteiger partial charge in [0.15, 0.2) is 0 Å². The fourth-order valence-corrected chi connectivity index (χ4v) is 3.02. The van der Waals surface area contributed by atoms with E-state index in [1.807, 2.05) is 11.3 Å². The molecular weight excluding hydrogens is 212 g/mol. The Kier molecular flexibility index (Phi) is 2.47. The second-order valence-electron chi connectivity index (χ2n) is 3.91. The molecule has 1 heterocycles. The minimum absolute atomic E-state index is 1.04. The van der Waals surface area contributed by atoms with Crippen LogP contribution in [0.3, 0.4) is 0 Å². The first-order valence-corrected chi connectivity index (χ1v) is 6.25. The Morgan fingerprint density at radius 1 is 0.812 bits per heavy atom. The molecule has 78 valence electrons. The Balaban J connectivity index is 1.95. The monoisotopic (exact) mass is 224 g/mol. The average Bonchev–Trinajstić information content (AvgIpc) is 2.72. The van der Waals surface area contributed by atoms with Gasteiger partial charge >= 0.3 is 0 Å². The summed E-state index contributed by atoms with van der Waals surface area (Å²) in [5, 5.41) is 1.36. The van der Waals surface area contributed by atoms with Gasteiger partial charge in [-0.05, 0) is 23.1 Å². The molecule has 2 aromatic carbocycles. The molecule has 0 N–H and O–H groups in total. The second kappa shape index (κ2) is 4.11. The molecule has 0 atom stereocenters. The van der Waals surface area contributed by atoms with E-state index in [4.69, 9.17) is 0 Å². The normalized spacial score (nSPS) is 10.8. The molecule has 1 aromatic heterocycles. The summed E-state index contributed by atoms with van der Waals surface area (Å²) in [5.74, 6) is 0. The third kappa shape index (κ3) is 1.86. The smallest absolute Gasteiger partial charge is 0.0345 e. The highest BCUT2D eigenvalue weighted by Gasteiger charge is 2.01. The van der Waals surface area contributed by atoms with E-state index in [0.29, 0.717) is 0 Å². The third-order valence-corrected chi connectivity index (χ3v) is 3.81. The van der Waals surface area contributed by atoms with Crippen LogP contribution in [0.15, 0.2) is 60.7 Å². The van der Waals surface area contributed by atoms with E-state index >= 15 is 0 Å². The molecule has 0 aliphatic carbocycles. The van der Waals surface area contributed by atoms with Gasteiger partial charge in [-0.1, -0.05) is 48.5 Å². The van der Waals surface area contributed by atoms with Crippen LogP contribution >= 0.6 is 11.3 Å². The molecule has 0 bridgehead atoms. The SMILES string of the molecule is c1ccc(Cc2cc3ccccc3s2)cc1. The van der Waals surface area contributed by atoms with Gasteiger partial charge in [0.05, 0.1) is 0 Å². The zero-order valence-corrected chi connectivity index (χ0v) is 9.71. The van der Waals surface area contributed by atoms with E-state index in [-0.39, 0.29) is 0 Å². The van der Waals surface area contributed by atoms with Gasteiger partial charge in [-0.3, -0.25) is 0 Å². The van der Waals surface area contributed by atoms with Crippen molar-refractivity contribution in [2.45, 2.75) is 6.42 Å². The van der Waals surface area contributed by atoms with E-state index in [1.165, 1.54) is 20.5 Å². The quantitative estimate of drug-likeness (QED) is 0.601. The van der Waals surface area contributed by atoms with Crippen LogP contribution in [0.4, 0.5) is 0 Å². The molecule has 0 fully saturated rings. The molecule has 0 aliphatic heterocycles. The van der Waals surface area contributed by atoms with Gasteiger partial charge in [-0.25, -0.2) is 0 Å². The zero-order valence-electron chi connectivity index (χ0n) is 8.89. The number of thiophene rings is 1. The fraction of sp³-hybridized carbons (Fsp3) is 0.0667. The van der Waals surface area contributed by atoms with E-state index in [1.54, 1.807) is 0 Å². The van der Waals surface area contributed by atoms with Crippen molar-refractivity contribution >= 4 is 21.4 Å². The zero-order chi connectivity index (χ0) is 10.8. The number of hydrogen-bond acceptors (Lipinski definition) is 1. The van der Waals surface area contributed by atoms with Crippen LogP contribution in [0, 0.1) is 0 Å². The third-order valence-electron chi connectivity index (χ3n) is 2.70. The molecule has 3 rings (SSSR count). The molecule has 0 amide bonds. The Morgan fingerprint density at radius 2 is 1.56 bits per heavy atom. The standard InChI is InChI=1S/C15H12S/c1-2-6-12(7-3-1)10-14-11-13-8-4-5-9-15(13)16-14/h1-9,11H,10H2. The van der Waals surface area contributed by atoms with Crippen molar-refractivity contribution in [3.8, 4) is 0 Å². The lowest BCUT2D eigenvalue weighted by molar-refractivity contribution is 1.24. The maximum absolute atomic E-state index is 2.30. The lowest BCUT2D eigenvalue weighted by Crippen LogP contribution is -1.81. The molecule has 0 aliphatic rings. The first-order valence-electron chi connectivity index (χ1n) is 5.43. The van der Waals surface area contributed by atoms with Crippen molar-refractivity contribution in [3.63, 3.8) is 0 Å². The highest BCUT2D eigenvalue weighted by Crippen LogP contribution is 2.26. The summed E-state index contributed by atoms with van der Waals surface area (Å²) < 4.78 is 1.38. The minimum Gasteiger partial charge on any atom is -0.140 e. The van der Waals surface area contributed by atoms with Crippen molar-refractivity contribution in [1.82, 2.24) is 0 Å². The average molecular weight is 224 g/mol. The first-order chi connectivity index (χ1) is 7.92. The van der Waals surface area contributed by atoms with Crippen molar-refractivity contribution in [2.75, 3.05) is 0 Å². The minimum atomic E-state index is 1.04. The summed E-state index contributed by atoms with van der Waals surface area (Å²) in [5.41, 5.74) is 1.38. The number of hydrogen-bond donors (Lipinski definition) is 0. The maximum Gasteiger partial charge on any atom is 0.0345 e. The molecule has 0 unspecified atom stereocenters. The molecule has 1 heteroatoms. The van der Waals surface area contributed by atoms with Gasteiger partial charge in [-0.2, -0.15) is 0 Å². The van der Waals surface area contributed by atoms with Crippen molar-refractivity contribution in [3.05, 3.63) is 71.1 Å². The Hall–Kier alpha value is -1.60. The molecule has 0 nitrogen and oxygen atoms in total. The van der Waals surface area contributed by atoms with Crippen LogP contribution in [-0.2, 0) is 6.42 Å². The lowest BCUT2D eigenvalue weighted by atomic mass is 10.1. The molecule has 0 saturated heterocycles. The Bertz CT molecular complexity index is 560. The van der Waals surface area contributed by atoms with Crippen LogP contribution in [0.25, 0.3) is 10.1 Å². The fourth-order valence-electron chi connectivity index (χ4n) is 1.92. The lowest BCUT2D eigenvalue weighted by Gasteiger charge is -1.96. The van der Waals surface area contributed by atoms with Gasteiger partial charge in [0.2, 0.25) is 0 Å². The summed E-state index contributed by atoms with van der Waals surface area (Å²) in [6.45, 7) is 0. The molecule has 3 aromatic rings. The molecule has 0 radical (unpaired) electrons. The topological polar surface area (TPSA) is 0 Å². The van der Waals surface area contributed by atoms with Crippen LogP contribution in [0.5, 0.6) is 0 Å². The molecule has 16 heavy (non-hydrogen) atoms. The van der Waals surface area contributed by atoms with Crippen molar-refractivity contribution < 1.29 is 0 Å². The predicted octanol–water partition coefficient (Wildman–Crippen LogP) is 4.49. The molecule has 0 saturated carbocycles. The summed E-state index contributed by atoms with van der Waals surface area (Å²) in [6, 6.07) is 21.5. The van der Waals surface area contributed by atoms with Crippen LogP contribution in [0.1, 0.15) is 10.4 Å². The van der Waals surface area contributed by atoms with Crippen LogP contribution in [-0.4, -0.2) is 0 Å². The number of benzene rings is 2. The molecular formula is C15H12S. The van der Waals surface area contributed by atoms with E-state index in [2.05, 4.69) is 60.7 Å². The van der Waals surface area contributed by atoms with E-state index in [9.17, 15) is 0 Å². The summed E-state index contributed by atoms with van der Waals surface area (Å²) in [6.07, 6.45) is 1.04. The number of rotatable bonds is 2. The summed E-state index contributed by atoms with van der Waals surface area (Å²) in [7, 11) is 0. The summed E-state index contributed by atoms with van der Waals surface area (Å²) >= 11 is 1.89. The van der Waals surface area contributed by atoms with E-state index in [0.717, 1.165) is 6.42 Å². The van der Waals surface area contributed by atoms with Crippen LogP contribution < -0.4 is 0 Å². The van der Waals surface area contributed by atoms with Crippen LogP contribution in [0.2, 0.25) is 0 Å². The predicted molar refractivity (Wildman–Crippen MR) is 71.1 cm³/mol. The van der Waals surface area contributed by atoms with Gasteiger partial charge in [-0.15, -0.1) is 11.3 Å². The van der Waals surface area contributed by atoms with Crippen molar-refractivity contribution in [1.29, 1.82) is 0 Å². The second-order valence-corrected chi connectivity index (χ2v) is 5.08. The first kappa shape index (κ1) is 9.61. The maximum atomic E-state index is 2.30. The Morgan fingerprint density at radius 3 is 2.38 bits per heavy atom. The highest BCUT2D eigenvalue weighted by atomic mass is 32.1. The molecule has 0 spiro atoms. The van der Waals surface area contributed by atoms with Gasteiger partial charge in [0, 0.05) is 16.0 Å².